The number of amidine groups is 1. The van der Waals surface area contributed by atoms with E-state index in [-0.39, 0.29) is 5.84 Å². The highest BCUT2D eigenvalue weighted by Crippen LogP contribution is 2.21. The minimum atomic E-state index is -1.01. The van der Waals surface area contributed by atoms with Crippen molar-refractivity contribution in [1.82, 2.24) is 21.6 Å². The molecule has 9 nitrogen and oxygen atoms in total. The number of carbonyl (C=O) groups is 2. The molecule has 0 saturated heterocycles. The normalized spacial score (nSPS) is 12.8. The third-order valence-electron chi connectivity index (χ3n) is 4.93. The van der Waals surface area contributed by atoms with Crippen molar-refractivity contribution < 1.29 is 19.2 Å². The van der Waals surface area contributed by atoms with Crippen LogP contribution in [0.4, 0.5) is 4.79 Å². The highest BCUT2D eigenvalue weighted by molar-refractivity contribution is 9.10. The summed E-state index contributed by atoms with van der Waals surface area (Å²) in [6.45, 7) is 5.26. The predicted molar refractivity (Wildman–Crippen MR) is 149 cm³/mol. The van der Waals surface area contributed by atoms with Gasteiger partial charge in [0.15, 0.2) is 6.23 Å². The summed E-state index contributed by atoms with van der Waals surface area (Å²) in [4.78, 5) is 31.4. The van der Waals surface area contributed by atoms with Gasteiger partial charge in [-0.05, 0) is 50.6 Å². The van der Waals surface area contributed by atoms with Gasteiger partial charge in [-0.2, -0.15) is 0 Å². The van der Waals surface area contributed by atoms with Gasteiger partial charge in [0.25, 0.3) is 0 Å². The second-order valence-electron chi connectivity index (χ2n) is 9.16. The lowest BCUT2D eigenvalue weighted by atomic mass is 10.1. The first-order valence-corrected chi connectivity index (χ1v) is 12.8. The Bertz CT molecular complexity index is 1270. The third-order valence-corrected chi connectivity index (χ3v) is 5.66. The van der Waals surface area contributed by atoms with Gasteiger partial charge < -0.3 is 10.1 Å². The molecule has 3 aromatic carbocycles. The van der Waals surface area contributed by atoms with Crippen LogP contribution in [0.2, 0.25) is 5.02 Å². The maximum atomic E-state index is 13.2. The van der Waals surface area contributed by atoms with E-state index in [9.17, 15) is 9.59 Å². The van der Waals surface area contributed by atoms with Crippen LogP contribution in [0, 0.1) is 5.41 Å². The van der Waals surface area contributed by atoms with E-state index in [4.69, 9.17) is 26.6 Å². The van der Waals surface area contributed by atoms with Crippen molar-refractivity contribution in [1.29, 1.82) is 5.41 Å². The number of ether oxygens (including phenoxy) is 1. The van der Waals surface area contributed by atoms with Gasteiger partial charge >= 0.3 is 6.09 Å². The van der Waals surface area contributed by atoms with Gasteiger partial charge in [0.1, 0.15) is 17.5 Å². The molecule has 3 rings (SSSR count). The maximum absolute atomic E-state index is 13.2. The van der Waals surface area contributed by atoms with E-state index in [0.29, 0.717) is 21.7 Å². The summed E-state index contributed by atoms with van der Waals surface area (Å²) < 4.78 is 6.14. The first-order valence-electron chi connectivity index (χ1n) is 11.6. The molecule has 0 fully saturated rings. The molecule has 5 N–H and O–H groups in total. The third kappa shape index (κ3) is 9.23. The number of halogens is 2. The molecule has 0 aliphatic heterocycles. The van der Waals surface area contributed by atoms with Crippen molar-refractivity contribution >= 4 is 45.4 Å². The summed E-state index contributed by atoms with van der Waals surface area (Å²) in [5.41, 5.74) is 6.35. The smallest absolute Gasteiger partial charge is 0.410 e. The van der Waals surface area contributed by atoms with Crippen LogP contribution in [0.5, 0.6) is 0 Å². The lowest BCUT2D eigenvalue weighted by molar-refractivity contribution is -0.126. The van der Waals surface area contributed by atoms with Gasteiger partial charge in [-0.25, -0.2) is 10.2 Å². The molecule has 0 saturated carbocycles. The zero-order valence-electron chi connectivity index (χ0n) is 21.0. The van der Waals surface area contributed by atoms with E-state index in [1.807, 2.05) is 12.1 Å². The quantitative estimate of drug-likeness (QED) is 0.0949. The highest BCUT2D eigenvalue weighted by Gasteiger charge is 2.25. The molecule has 0 aliphatic rings. The van der Waals surface area contributed by atoms with Crippen molar-refractivity contribution in [2.75, 3.05) is 0 Å². The number of alkyl carbamates (subject to hydrolysis) is 1. The van der Waals surface area contributed by atoms with E-state index in [2.05, 4.69) is 37.6 Å². The van der Waals surface area contributed by atoms with Crippen LogP contribution in [-0.2, 0) is 14.4 Å². The molecule has 38 heavy (non-hydrogen) atoms. The van der Waals surface area contributed by atoms with Crippen LogP contribution in [0.25, 0.3) is 0 Å². The van der Waals surface area contributed by atoms with Crippen LogP contribution < -0.4 is 21.6 Å². The number of rotatable bonds is 9. The van der Waals surface area contributed by atoms with Crippen molar-refractivity contribution in [2.45, 2.75) is 38.6 Å². The second kappa shape index (κ2) is 13.5. The van der Waals surface area contributed by atoms with Gasteiger partial charge in [0.2, 0.25) is 5.91 Å². The lowest BCUT2D eigenvalue weighted by Gasteiger charge is -2.25. The van der Waals surface area contributed by atoms with E-state index in [1.54, 1.807) is 87.5 Å². The number of carbonyl (C=O) groups excluding carboxylic acids is 2. The summed E-state index contributed by atoms with van der Waals surface area (Å²) >= 11 is 9.58. The second-order valence-corrected chi connectivity index (χ2v) is 10.5. The molecule has 0 aliphatic carbocycles. The predicted octanol–water partition coefficient (Wildman–Crippen LogP) is 5.53. The molecule has 0 heterocycles. The molecule has 0 radical (unpaired) electrons. The standard InChI is InChI=1S/C27H29BrClN5O4/c1-27(2,3)37-26(36)32-25(19-12-7-13-20(28)15-19)38-34-33-22(18-11-8-14-21(29)16-18)24(35)31-23(30)17-9-5-4-6-10-17/h4-16,22,25,33-34H,1-3H3,(H,32,36)(H2,30,31,35). The fraction of sp³-hybridized carbons (Fsp3) is 0.222. The highest BCUT2D eigenvalue weighted by atomic mass is 79.9. The Kier molecular flexibility index (Phi) is 10.4. The summed E-state index contributed by atoms with van der Waals surface area (Å²) in [6, 6.07) is 21.7. The van der Waals surface area contributed by atoms with Crippen molar-refractivity contribution in [3.8, 4) is 0 Å². The Balaban J connectivity index is 1.76. The average molecular weight is 603 g/mol. The lowest BCUT2D eigenvalue weighted by Crippen LogP contribution is -2.47. The number of nitrogens with one attached hydrogen (secondary N) is 5. The van der Waals surface area contributed by atoms with Crippen molar-refractivity contribution in [3.05, 3.63) is 105 Å². The van der Waals surface area contributed by atoms with Crippen LogP contribution in [0.1, 0.15) is 49.7 Å². The molecule has 2 atom stereocenters. The average Bonchev–Trinajstić information content (AvgIpc) is 2.85. The molecule has 0 bridgehead atoms. The Morgan fingerprint density at radius 3 is 2.29 bits per heavy atom. The zero-order chi connectivity index (χ0) is 27.7. The Morgan fingerprint density at radius 1 is 0.947 bits per heavy atom. The minimum Gasteiger partial charge on any atom is -0.444 e. The maximum Gasteiger partial charge on any atom is 0.410 e. The van der Waals surface area contributed by atoms with Crippen LogP contribution in [-0.4, -0.2) is 23.4 Å². The topological polar surface area (TPSA) is 125 Å². The van der Waals surface area contributed by atoms with Gasteiger partial charge in [0.05, 0.1) is 0 Å². The van der Waals surface area contributed by atoms with Gasteiger partial charge in [-0.15, -0.1) is 5.59 Å². The van der Waals surface area contributed by atoms with Crippen molar-refractivity contribution in [3.63, 3.8) is 0 Å². The van der Waals surface area contributed by atoms with Gasteiger partial charge in [-0.1, -0.05) is 82.1 Å². The molecular weight excluding hydrogens is 574 g/mol. The number of benzene rings is 3. The van der Waals surface area contributed by atoms with Crippen LogP contribution >= 0.6 is 27.5 Å². The Hall–Kier alpha value is -3.28. The monoisotopic (exact) mass is 601 g/mol. The molecule has 3 aromatic rings. The fourth-order valence-electron chi connectivity index (χ4n) is 3.28. The van der Waals surface area contributed by atoms with Gasteiger partial charge in [-0.3, -0.25) is 20.4 Å². The first kappa shape index (κ1) is 29.3. The molecule has 11 heteroatoms. The zero-order valence-corrected chi connectivity index (χ0v) is 23.4. The molecule has 2 amide bonds. The van der Waals surface area contributed by atoms with E-state index in [0.717, 1.165) is 4.47 Å². The summed E-state index contributed by atoms with van der Waals surface area (Å²) in [6.07, 6.45) is -1.68. The number of hydrogen-bond donors (Lipinski definition) is 5. The van der Waals surface area contributed by atoms with Crippen LogP contribution in [0.3, 0.4) is 0 Å². The molecule has 200 valence electrons. The van der Waals surface area contributed by atoms with Crippen LogP contribution in [0.15, 0.2) is 83.3 Å². The van der Waals surface area contributed by atoms with Crippen molar-refractivity contribution in [2.24, 2.45) is 0 Å². The largest absolute Gasteiger partial charge is 0.444 e. The number of hydrogen-bond acceptors (Lipinski definition) is 7. The summed E-state index contributed by atoms with van der Waals surface area (Å²) in [5.74, 6) is -0.597. The molecular formula is C27H29BrClN5O4. The fourth-order valence-corrected chi connectivity index (χ4v) is 3.89. The van der Waals surface area contributed by atoms with Gasteiger partial charge in [0, 0.05) is 20.6 Å². The first-order chi connectivity index (χ1) is 18.0. The summed E-state index contributed by atoms with van der Waals surface area (Å²) in [5, 5.41) is 14.0. The minimum absolute atomic E-state index is 0.0658. The summed E-state index contributed by atoms with van der Waals surface area (Å²) in [7, 11) is 0. The molecule has 2 unspecified atom stereocenters. The molecule has 0 spiro atoms. The van der Waals surface area contributed by atoms with E-state index >= 15 is 0 Å². The Morgan fingerprint density at radius 2 is 1.63 bits per heavy atom. The molecule has 0 aromatic heterocycles. The number of hydrazine groups is 1. The van der Waals surface area contributed by atoms with E-state index < -0.39 is 29.9 Å². The number of amides is 2. The Labute approximate surface area is 234 Å². The van der Waals surface area contributed by atoms with E-state index in [1.165, 1.54) is 0 Å². The SMILES string of the molecule is CC(C)(C)OC(=O)NC(ONNC(C(=O)NC(=N)c1ccccc1)c1cccc(Cl)c1)c1cccc(Br)c1.